The van der Waals surface area contributed by atoms with Crippen molar-refractivity contribution >= 4 is 0 Å². The van der Waals surface area contributed by atoms with Crippen molar-refractivity contribution in [2.45, 2.75) is 57.1 Å². The minimum atomic E-state index is 0.113. The molecule has 0 radical (unpaired) electrons. The highest BCUT2D eigenvalue weighted by Crippen LogP contribution is 2.47. The quantitative estimate of drug-likeness (QED) is 0.648. The predicted octanol–water partition coefficient (Wildman–Crippen LogP) is 2.70. The van der Waals surface area contributed by atoms with E-state index in [1.807, 2.05) is 0 Å². The van der Waals surface area contributed by atoms with Crippen LogP contribution in [0.4, 0.5) is 0 Å². The Kier molecular flexibility index (Phi) is 3.65. The number of rotatable bonds is 4. The second kappa shape index (κ2) is 5.27. The molecule has 106 valence electrons. The molecule has 2 aliphatic rings. The van der Waals surface area contributed by atoms with Crippen molar-refractivity contribution in [3.8, 4) is 0 Å². The molecule has 0 aromatic carbocycles. The third kappa shape index (κ3) is 2.45. The van der Waals surface area contributed by atoms with E-state index >= 15 is 0 Å². The maximum absolute atomic E-state index is 5.99. The Bertz CT molecular complexity index is 426. The maximum Gasteiger partial charge on any atom is 0.122 e. The summed E-state index contributed by atoms with van der Waals surface area (Å²) in [5, 5.41) is 0. The Hall–Kier alpha value is -0.840. The molecule has 2 unspecified atom stereocenters. The molecule has 1 spiro atoms. The largest absolute Gasteiger partial charge is 0.464 e. The zero-order valence-electron chi connectivity index (χ0n) is 11.7. The van der Waals surface area contributed by atoms with E-state index < -0.39 is 0 Å². The van der Waals surface area contributed by atoms with Gasteiger partial charge in [0, 0.05) is 13.0 Å². The number of furan rings is 1. The zero-order chi connectivity index (χ0) is 13.3. The van der Waals surface area contributed by atoms with Crippen molar-refractivity contribution < 1.29 is 9.15 Å². The topological polar surface area (TPSA) is 60.4 Å². The summed E-state index contributed by atoms with van der Waals surface area (Å²) in [6, 6.07) is 4.23. The molecule has 1 aromatic heterocycles. The predicted molar refractivity (Wildman–Crippen MR) is 73.4 cm³/mol. The average molecular weight is 264 g/mol. The lowest BCUT2D eigenvalue weighted by molar-refractivity contribution is -0.148. The van der Waals surface area contributed by atoms with Gasteiger partial charge in [0.1, 0.15) is 11.5 Å². The molecule has 3 rings (SSSR count). The van der Waals surface area contributed by atoms with Gasteiger partial charge in [-0.05, 0) is 50.2 Å². The number of nitrogens with one attached hydrogen (secondary N) is 1. The van der Waals surface area contributed by atoms with Crippen LogP contribution in [0.1, 0.15) is 56.6 Å². The van der Waals surface area contributed by atoms with E-state index in [9.17, 15) is 0 Å². The molecule has 4 nitrogen and oxygen atoms in total. The first-order valence-corrected chi connectivity index (χ1v) is 7.45. The molecule has 3 N–H and O–H groups in total. The van der Waals surface area contributed by atoms with E-state index in [0.29, 0.717) is 5.92 Å². The summed E-state index contributed by atoms with van der Waals surface area (Å²) in [6.07, 6.45) is 6.80. The number of hydrogen-bond acceptors (Lipinski definition) is 4. The third-order valence-electron chi connectivity index (χ3n) is 4.78. The van der Waals surface area contributed by atoms with Crippen molar-refractivity contribution in [1.82, 2.24) is 5.43 Å². The number of hydrazine groups is 1. The molecular weight excluding hydrogens is 240 g/mol. The second-order valence-corrected chi connectivity index (χ2v) is 5.94. The van der Waals surface area contributed by atoms with Crippen LogP contribution in [0.3, 0.4) is 0 Å². The zero-order valence-corrected chi connectivity index (χ0v) is 11.7. The summed E-state index contributed by atoms with van der Waals surface area (Å²) in [7, 11) is 0. The summed E-state index contributed by atoms with van der Waals surface area (Å²) < 4.78 is 11.9. The summed E-state index contributed by atoms with van der Waals surface area (Å²) in [5.41, 5.74) is 3.11. The van der Waals surface area contributed by atoms with E-state index in [1.54, 1.807) is 0 Å². The Morgan fingerprint density at radius 1 is 1.47 bits per heavy atom. The number of hydrogen-bond donors (Lipinski definition) is 2. The lowest BCUT2D eigenvalue weighted by atomic mass is 9.70. The van der Waals surface area contributed by atoms with E-state index in [1.165, 1.54) is 19.3 Å². The first-order chi connectivity index (χ1) is 9.26. The van der Waals surface area contributed by atoms with Gasteiger partial charge in [0.2, 0.25) is 0 Å². The van der Waals surface area contributed by atoms with Crippen LogP contribution in [0.2, 0.25) is 0 Å². The normalized spacial score (nSPS) is 27.2. The number of ether oxygens (including phenoxy) is 1. The fraction of sp³-hybridized carbons (Fsp3) is 0.733. The van der Waals surface area contributed by atoms with Gasteiger partial charge in [-0.15, -0.1) is 0 Å². The highest BCUT2D eigenvalue weighted by molar-refractivity contribution is 5.12. The fourth-order valence-electron chi connectivity index (χ4n) is 3.47. The van der Waals surface area contributed by atoms with Gasteiger partial charge in [-0.25, -0.2) is 5.43 Å². The van der Waals surface area contributed by atoms with Crippen LogP contribution in [0.15, 0.2) is 16.5 Å². The van der Waals surface area contributed by atoms with Crippen molar-refractivity contribution in [1.29, 1.82) is 0 Å². The van der Waals surface area contributed by atoms with E-state index in [4.69, 9.17) is 15.0 Å². The standard InChI is InChI=1S/C15H24N2O2/c1-2-12-4-5-13(19-12)14(17-16)11-6-9-18-15(10-11)7-3-8-15/h4-5,11,14,17H,2-3,6-10,16H2,1H3. The van der Waals surface area contributed by atoms with E-state index in [0.717, 1.165) is 37.4 Å². The van der Waals surface area contributed by atoms with Gasteiger partial charge in [-0.3, -0.25) is 5.84 Å². The lowest BCUT2D eigenvalue weighted by Gasteiger charge is -2.48. The van der Waals surface area contributed by atoms with Crippen LogP contribution in [-0.2, 0) is 11.2 Å². The summed E-state index contributed by atoms with van der Waals surface area (Å²) in [4.78, 5) is 0. The van der Waals surface area contributed by atoms with Crippen LogP contribution >= 0.6 is 0 Å². The second-order valence-electron chi connectivity index (χ2n) is 5.94. The van der Waals surface area contributed by atoms with Gasteiger partial charge < -0.3 is 9.15 Å². The molecule has 0 amide bonds. The Morgan fingerprint density at radius 2 is 2.32 bits per heavy atom. The number of nitrogens with two attached hydrogens (primary N) is 1. The minimum absolute atomic E-state index is 0.113. The summed E-state index contributed by atoms with van der Waals surface area (Å²) >= 11 is 0. The summed E-state index contributed by atoms with van der Waals surface area (Å²) in [5.74, 6) is 8.29. The lowest BCUT2D eigenvalue weighted by Crippen LogP contribution is -2.48. The van der Waals surface area contributed by atoms with Gasteiger partial charge in [0.15, 0.2) is 0 Å². The molecular formula is C15H24N2O2. The Balaban J connectivity index is 1.74. The van der Waals surface area contributed by atoms with Gasteiger partial charge in [0.25, 0.3) is 0 Å². The van der Waals surface area contributed by atoms with E-state index in [2.05, 4.69) is 24.5 Å². The van der Waals surface area contributed by atoms with Gasteiger partial charge in [-0.1, -0.05) is 6.92 Å². The monoisotopic (exact) mass is 264 g/mol. The van der Waals surface area contributed by atoms with Gasteiger partial charge >= 0.3 is 0 Å². The molecule has 1 aromatic rings. The molecule has 1 saturated carbocycles. The van der Waals surface area contributed by atoms with Crippen molar-refractivity contribution in [2.75, 3.05) is 6.61 Å². The first-order valence-electron chi connectivity index (χ1n) is 7.45. The molecule has 2 fully saturated rings. The molecule has 19 heavy (non-hydrogen) atoms. The third-order valence-corrected chi connectivity index (χ3v) is 4.78. The SMILES string of the molecule is CCc1ccc(C(NN)C2CCOC3(CCC3)C2)o1. The fourth-order valence-corrected chi connectivity index (χ4v) is 3.47. The molecule has 2 atom stereocenters. The molecule has 4 heteroatoms. The molecule has 0 bridgehead atoms. The highest BCUT2D eigenvalue weighted by atomic mass is 16.5. The summed E-state index contributed by atoms with van der Waals surface area (Å²) in [6.45, 7) is 2.95. The molecule has 1 saturated heterocycles. The van der Waals surface area contributed by atoms with Gasteiger partial charge in [0.05, 0.1) is 11.6 Å². The minimum Gasteiger partial charge on any atom is -0.464 e. The smallest absolute Gasteiger partial charge is 0.122 e. The highest BCUT2D eigenvalue weighted by Gasteiger charge is 2.44. The number of aryl methyl sites for hydroxylation is 1. The molecule has 1 aliphatic heterocycles. The average Bonchev–Trinajstić information content (AvgIpc) is 2.87. The van der Waals surface area contributed by atoms with Gasteiger partial charge in [-0.2, -0.15) is 0 Å². The van der Waals surface area contributed by atoms with E-state index in [-0.39, 0.29) is 11.6 Å². The first kappa shape index (κ1) is 13.2. The maximum atomic E-state index is 5.99. The molecule has 1 aliphatic carbocycles. The molecule has 2 heterocycles. The van der Waals surface area contributed by atoms with Crippen LogP contribution in [0.25, 0.3) is 0 Å². The van der Waals surface area contributed by atoms with Crippen molar-refractivity contribution in [2.24, 2.45) is 11.8 Å². The van der Waals surface area contributed by atoms with Crippen LogP contribution in [0.5, 0.6) is 0 Å². The van der Waals surface area contributed by atoms with Crippen molar-refractivity contribution in [3.63, 3.8) is 0 Å². The Labute approximate surface area is 114 Å². The van der Waals surface area contributed by atoms with Crippen LogP contribution < -0.4 is 11.3 Å². The van der Waals surface area contributed by atoms with Crippen LogP contribution in [0, 0.1) is 5.92 Å². The van der Waals surface area contributed by atoms with Crippen LogP contribution in [-0.4, -0.2) is 12.2 Å². The Morgan fingerprint density at radius 3 is 2.89 bits per heavy atom. The van der Waals surface area contributed by atoms with Crippen molar-refractivity contribution in [3.05, 3.63) is 23.7 Å².